The predicted molar refractivity (Wildman–Crippen MR) is 77.2 cm³/mol. The van der Waals surface area contributed by atoms with Gasteiger partial charge in [0, 0.05) is 18.4 Å². The molecular weight excluding hydrogens is 274 g/mol. The Kier molecular flexibility index (Phi) is 3.84. The highest BCUT2D eigenvalue weighted by atomic mass is 32.1. The minimum atomic E-state index is 0.440. The normalized spacial score (nSPS) is 15.7. The van der Waals surface area contributed by atoms with E-state index >= 15 is 0 Å². The Morgan fingerprint density at radius 1 is 1.30 bits per heavy atom. The van der Waals surface area contributed by atoms with Crippen molar-refractivity contribution in [3.8, 4) is 17.2 Å². The van der Waals surface area contributed by atoms with Crippen LogP contribution in [0.4, 0.5) is 0 Å². The van der Waals surface area contributed by atoms with Gasteiger partial charge in [-0.3, -0.25) is 0 Å². The molecule has 0 spiro atoms. The van der Waals surface area contributed by atoms with E-state index in [1.807, 2.05) is 24.3 Å². The maximum absolute atomic E-state index is 5.60. The summed E-state index contributed by atoms with van der Waals surface area (Å²) in [6, 6.07) is 7.62. The summed E-state index contributed by atoms with van der Waals surface area (Å²) >= 11 is 5.25. The van der Waals surface area contributed by atoms with Crippen LogP contribution >= 0.6 is 12.2 Å². The summed E-state index contributed by atoms with van der Waals surface area (Å²) in [5.74, 6) is 1.38. The van der Waals surface area contributed by atoms with Gasteiger partial charge in [0.15, 0.2) is 6.67 Å². The number of benzene rings is 1. The van der Waals surface area contributed by atoms with Gasteiger partial charge in [0.1, 0.15) is 5.75 Å². The first-order chi connectivity index (χ1) is 9.76. The van der Waals surface area contributed by atoms with Gasteiger partial charge < -0.3 is 14.1 Å². The van der Waals surface area contributed by atoms with Crippen LogP contribution in [0.25, 0.3) is 11.5 Å². The van der Waals surface area contributed by atoms with Crippen molar-refractivity contribution >= 4 is 12.2 Å². The maximum Gasteiger partial charge on any atom is 0.292 e. The van der Waals surface area contributed by atoms with Crippen LogP contribution in [0.15, 0.2) is 28.7 Å². The average molecular weight is 292 g/mol. The Hall–Kier alpha value is -1.66. The summed E-state index contributed by atoms with van der Waals surface area (Å²) in [5, 5.41) is 4.48. The SMILES string of the molecule is COc1ccc(-c2nn(C[NH+]3CCCC3)c(=S)o2)cc1. The lowest BCUT2D eigenvalue weighted by atomic mass is 10.2. The highest BCUT2D eigenvalue weighted by molar-refractivity contribution is 7.71. The van der Waals surface area contributed by atoms with Crippen LogP contribution in [0, 0.1) is 4.84 Å². The fourth-order valence-electron chi connectivity index (χ4n) is 2.50. The van der Waals surface area contributed by atoms with Gasteiger partial charge in [-0.1, -0.05) is 0 Å². The molecule has 0 unspecified atom stereocenters. The number of hydrogen-bond donors (Lipinski definition) is 1. The first-order valence-electron chi connectivity index (χ1n) is 6.82. The quantitative estimate of drug-likeness (QED) is 0.868. The summed E-state index contributed by atoms with van der Waals surface area (Å²) in [6.07, 6.45) is 2.57. The number of rotatable bonds is 4. The minimum absolute atomic E-state index is 0.440. The number of hydrogen-bond acceptors (Lipinski definition) is 4. The first kappa shape index (κ1) is 13.3. The third-order valence-electron chi connectivity index (χ3n) is 3.63. The predicted octanol–water partition coefficient (Wildman–Crippen LogP) is 1.52. The molecule has 0 aliphatic carbocycles. The number of nitrogens with zero attached hydrogens (tertiary/aromatic N) is 2. The van der Waals surface area contributed by atoms with Gasteiger partial charge in [0.25, 0.3) is 4.84 Å². The second-order valence-electron chi connectivity index (χ2n) is 5.02. The van der Waals surface area contributed by atoms with Crippen LogP contribution in [-0.4, -0.2) is 30.0 Å². The van der Waals surface area contributed by atoms with Crippen molar-refractivity contribution in [3.05, 3.63) is 29.1 Å². The highest BCUT2D eigenvalue weighted by Crippen LogP contribution is 2.20. The number of quaternary nitrogens is 1. The zero-order valence-electron chi connectivity index (χ0n) is 11.5. The molecule has 3 rings (SSSR count). The average Bonchev–Trinajstić information content (AvgIpc) is 3.10. The number of aromatic nitrogens is 2. The lowest BCUT2D eigenvalue weighted by Gasteiger charge is -2.10. The molecule has 2 heterocycles. The molecule has 1 aliphatic heterocycles. The van der Waals surface area contributed by atoms with Crippen molar-refractivity contribution in [2.24, 2.45) is 0 Å². The standard InChI is InChI=1S/C14H17N3O2S/c1-18-12-6-4-11(5-7-12)13-15-17(14(20)19-13)10-16-8-2-3-9-16/h4-7H,2-3,8-10H2,1H3/p+1. The molecule has 1 aromatic carbocycles. The van der Waals surface area contributed by atoms with Gasteiger partial charge in [0.2, 0.25) is 5.89 Å². The molecular formula is C14H18N3O2S+. The summed E-state index contributed by atoms with van der Waals surface area (Å²) in [4.78, 5) is 1.95. The van der Waals surface area contributed by atoms with Crippen molar-refractivity contribution in [2.45, 2.75) is 19.5 Å². The van der Waals surface area contributed by atoms with Crippen LogP contribution in [0.1, 0.15) is 12.8 Å². The molecule has 20 heavy (non-hydrogen) atoms. The molecule has 0 radical (unpaired) electrons. The van der Waals surface area contributed by atoms with Crippen LogP contribution in [-0.2, 0) is 6.67 Å². The summed E-state index contributed by atoms with van der Waals surface area (Å²) in [7, 11) is 1.65. The number of ether oxygens (including phenoxy) is 1. The zero-order valence-corrected chi connectivity index (χ0v) is 12.3. The van der Waals surface area contributed by atoms with E-state index in [2.05, 4.69) is 5.10 Å². The molecule has 5 nitrogen and oxygen atoms in total. The molecule has 1 saturated heterocycles. The monoisotopic (exact) mass is 292 g/mol. The maximum atomic E-state index is 5.60. The Morgan fingerprint density at radius 3 is 2.65 bits per heavy atom. The molecule has 0 amide bonds. The fourth-order valence-corrected chi connectivity index (χ4v) is 2.69. The Balaban J connectivity index is 1.81. The van der Waals surface area contributed by atoms with Crippen molar-refractivity contribution < 1.29 is 14.1 Å². The van der Waals surface area contributed by atoms with Crippen molar-refractivity contribution in [2.75, 3.05) is 20.2 Å². The second-order valence-corrected chi connectivity index (χ2v) is 5.37. The number of methoxy groups -OCH3 is 1. The van der Waals surface area contributed by atoms with E-state index in [0.29, 0.717) is 10.7 Å². The van der Waals surface area contributed by atoms with E-state index in [1.54, 1.807) is 11.8 Å². The number of likely N-dealkylation sites (tertiary alicyclic amines) is 1. The van der Waals surface area contributed by atoms with Gasteiger partial charge in [-0.05, 0) is 36.5 Å². The molecule has 0 saturated carbocycles. The summed E-state index contributed by atoms with van der Waals surface area (Å²) in [5.41, 5.74) is 0.909. The van der Waals surface area contributed by atoms with E-state index in [-0.39, 0.29) is 0 Å². The lowest BCUT2D eigenvalue weighted by Crippen LogP contribution is -3.09. The first-order valence-corrected chi connectivity index (χ1v) is 7.23. The topological polar surface area (TPSA) is 44.6 Å². The second kappa shape index (κ2) is 5.76. The molecule has 2 aromatic rings. The lowest BCUT2D eigenvalue weighted by molar-refractivity contribution is -0.911. The summed E-state index contributed by atoms with van der Waals surface area (Å²) < 4.78 is 12.5. The number of nitrogens with one attached hydrogen (secondary N) is 1. The molecule has 0 atom stereocenters. The molecule has 1 fully saturated rings. The van der Waals surface area contributed by atoms with E-state index in [1.165, 1.54) is 30.8 Å². The van der Waals surface area contributed by atoms with Crippen LogP contribution < -0.4 is 9.64 Å². The molecule has 6 heteroatoms. The molecule has 1 N–H and O–H groups in total. The molecule has 1 aliphatic rings. The van der Waals surface area contributed by atoms with Crippen LogP contribution in [0.5, 0.6) is 5.75 Å². The molecule has 0 bridgehead atoms. The molecule has 106 valence electrons. The zero-order chi connectivity index (χ0) is 13.9. The van der Waals surface area contributed by atoms with Gasteiger partial charge in [-0.25, -0.2) is 0 Å². The fraction of sp³-hybridized carbons (Fsp3) is 0.429. The Morgan fingerprint density at radius 2 is 2.00 bits per heavy atom. The third-order valence-corrected chi connectivity index (χ3v) is 3.92. The van der Waals surface area contributed by atoms with E-state index in [4.69, 9.17) is 21.4 Å². The van der Waals surface area contributed by atoms with E-state index in [9.17, 15) is 0 Å². The van der Waals surface area contributed by atoms with Gasteiger partial charge in [-0.2, -0.15) is 4.68 Å². The van der Waals surface area contributed by atoms with Gasteiger partial charge >= 0.3 is 0 Å². The van der Waals surface area contributed by atoms with Crippen molar-refractivity contribution in [1.29, 1.82) is 0 Å². The van der Waals surface area contributed by atoms with Crippen LogP contribution in [0.3, 0.4) is 0 Å². The van der Waals surface area contributed by atoms with Crippen molar-refractivity contribution in [1.82, 2.24) is 9.78 Å². The van der Waals surface area contributed by atoms with Crippen LogP contribution in [0.2, 0.25) is 0 Å². The van der Waals surface area contributed by atoms with Crippen molar-refractivity contribution in [3.63, 3.8) is 0 Å². The Labute approximate surface area is 122 Å². The summed E-state index contributed by atoms with van der Waals surface area (Å²) in [6.45, 7) is 3.16. The minimum Gasteiger partial charge on any atom is -0.497 e. The van der Waals surface area contributed by atoms with E-state index in [0.717, 1.165) is 18.0 Å². The highest BCUT2D eigenvalue weighted by Gasteiger charge is 2.18. The third kappa shape index (κ3) is 2.76. The van der Waals surface area contributed by atoms with E-state index < -0.39 is 0 Å². The largest absolute Gasteiger partial charge is 0.497 e. The molecule has 1 aromatic heterocycles. The Bertz CT molecular complexity index is 627. The van der Waals surface area contributed by atoms with Gasteiger partial charge in [-0.15, -0.1) is 5.10 Å². The van der Waals surface area contributed by atoms with Gasteiger partial charge in [0.05, 0.1) is 20.2 Å². The smallest absolute Gasteiger partial charge is 0.292 e.